The molecule has 1 aliphatic heterocycles. The van der Waals surface area contributed by atoms with Gasteiger partial charge in [0.15, 0.2) is 0 Å². The van der Waals surface area contributed by atoms with Crippen LogP contribution in [0.5, 0.6) is 0 Å². The highest BCUT2D eigenvalue weighted by Crippen LogP contribution is 2.15. The number of fused-ring (bicyclic) bond motifs is 1. The van der Waals surface area contributed by atoms with Crippen molar-refractivity contribution in [2.45, 2.75) is 25.6 Å². The largest absolute Gasteiger partial charge is 0.347 e. The Morgan fingerprint density at radius 1 is 1.43 bits per heavy atom. The van der Waals surface area contributed by atoms with Gasteiger partial charge in [-0.1, -0.05) is 23.7 Å². The highest BCUT2D eigenvalue weighted by atomic mass is 35.5. The molecule has 2 heterocycles. The standard InChI is InChI=1S/C15H17ClN4O/c1-20(8-10-2-4-11(16)5-3-10)15(21)13-6-12-14(7-17-13)19-9-18-12/h2-5,9,13,17H,6-8H2,1H3,(H,18,19). The number of carbonyl (C=O) groups excluding carboxylic acids is 1. The molecule has 0 fully saturated rings. The van der Waals surface area contributed by atoms with E-state index in [1.54, 1.807) is 11.2 Å². The van der Waals surface area contributed by atoms with Crippen LogP contribution in [0.2, 0.25) is 5.02 Å². The van der Waals surface area contributed by atoms with Crippen LogP contribution >= 0.6 is 11.6 Å². The van der Waals surface area contributed by atoms with Gasteiger partial charge in [0.25, 0.3) is 0 Å². The van der Waals surface area contributed by atoms with Crippen molar-refractivity contribution in [3.8, 4) is 0 Å². The van der Waals surface area contributed by atoms with Crippen molar-refractivity contribution >= 4 is 17.5 Å². The number of hydrogen-bond donors (Lipinski definition) is 2. The molecule has 0 spiro atoms. The molecule has 3 rings (SSSR count). The van der Waals surface area contributed by atoms with Gasteiger partial charge in [-0.3, -0.25) is 10.1 Å². The first-order valence-electron chi connectivity index (χ1n) is 6.87. The highest BCUT2D eigenvalue weighted by Gasteiger charge is 2.27. The first kappa shape index (κ1) is 14.1. The molecule has 1 aromatic carbocycles. The molecular formula is C15H17ClN4O. The van der Waals surface area contributed by atoms with Crippen LogP contribution in [-0.4, -0.2) is 33.9 Å². The summed E-state index contributed by atoms with van der Waals surface area (Å²) in [4.78, 5) is 21.6. The Hall–Kier alpha value is -1.85. The normalized spacial score (nSPS) is 17.3. The smallest absolute Gasteiger partial charge is 0.240 e. The molecule has 0 aliphatic carbocycles. The number of carbonyl (C=O) groups is 1. The van der Waals surface area contributed by atoms with Gasteiger partial charge in [0.05, 0.1) is 23.8 Å². The quantitative estimate of drug-likeness (QED) is 0.908. The second kappa shape index (κ2) is 5.87. The Morgan fingerprint density at radius 2 is 2.19 bits per heavy atom. The van der Waals surface area contributed by atoms with Gasteiger partial charge in [0.1, 0.15) is 0 Å². The van der Waals surface area contributed by atoms with Crippen molar-refractivity contribution in [2.75, 3.05) is 7.05 Å². The summed E-state index contributed by atoms with van der Waals surface area (Å²) in [5.74, 6) is 0.0820. The van der Waals surface area contributed by atoms with Crippen LogP contribution in [0.4, 0.5) is 0 Å². The molecule has 1 aliphatic rings. The van der Waals surface area contributed by atoms with E-state index in [-0.39, 0.29) is 11.9 Å². The molecule has 1 atom stereocenters. The number of rotatable bonds is 3. The molecule has 1 aromatic heterocycles. The summed E-state index contributed by atoms with van der Waals surface area (Å²) in [5, 5.41) is 3.96. The van der Waals surface area contributed by atoms with Crippen LogP contribution in [0.15, 0.2) is 30.6 Å². The number of aromatic amines is 1. The van der Waals surface area contributed by atoms with Gasteiger partial charge in [0.2, 0.25) is 5.91 Å². The Labute approximate surface area is 128 Å². The van der Waals surface area contributed by atoms with Crippen LogP contribution in [0, 0.1) is 0 Å². The number of nitrogens with one attached hydrogen (secondary N) is 2. The summed E-state index contributed by atoms with van der Waals surface area (Å²) < 4.78 is 0. The third-order valence-corrected chi connectivity index (χ3v) is 3.99. The van der Waals surface area contributed by atoms with Crippen molar-refractivity contribution in [1.29, 1.82) is 0 Å². The Morgan fingerprint density at radius 3 is 2.95 bits per heavy atom. The highest BCUT2D eigenvalue weighted by molar-refractivity contribution is 6.30. The number of hydrogen-bond acceptors (Lipinski definition) is 3. The molecule has 0 radical (unpaired) electrons. The number of aromatic nitrogens is 2. The molecule has 110 valence electrons. The Balaban J connectivity index is 1.64. The molecule has 1 unspecified atom stereocenters. The van der Waals surface area contributed by atoms with Gasteiger partial charge >= 0.3 is 0 Å². The zero-order valence-electron chi connectivity index (χ0n) is 11.8. The summed E-state index contributed by atoms with van der Waals surface area (Å²) in [7, 11) is 1.82. The first-order valence-corrected chi connectivity index (χ1v) is 7.25. The maximum atomic E-state index is 12.5. The third-order valence-electron chi connectivity index (χ3n) is 3.74. The molecule has 6 heteroatoms. The fourth-order valence-electron chi connectivity index (χ4n) is 2.55. The third kappa shape index (κ3) is 3.09. The topological polar surface area (TPSA) is 61.0 Å². The van der Waals surface area contributed by atoms with Gasteiger partial charge in [-0.05, 0) is 17.7 Å². The average Bonchev–Trinajstić information content (AvgIpc) is 2.96. The minimum absolute atomic E-state index is 0.0820. The zero-order chi connectivity index (χ0) is 14.8. The lowest BCUT2D eigenvalue weighted by Crippen LogP contribution is -2.48. The van der Waals surface area contributed by atoms with E-state index in [0.29, 0.717) is 24.5 Å². The van der Waals surface area contributed by atoms with Crippen molar-refractivity contribution in [2.24, 2.45) is 0 Å². The number of benzene rings is 1. The minimum atomic E-state index is -0.210. The number of H-pyrrole nitrogens is 1. The average molecular weight is 305 g/mol. The predicted molar refractivity (Wildman–Crippen MR) is 80.8 cm³/mol. The molecule has 2 aromatic rings. The first-order chi connectivity index (χ1) is 10.1. The summed E-state index contributed by atoms with van der Waals surface area (Å²) >= 11 is 5.87. The van der Waals surface area contributed by atoms with E-state index in [4.69, 9.17) is 11.6 Å². The van der Waals surface area contributed by atoms with Gasteiger partial charge in [-0.25, -0.2) is 4.98 Å². The van der Waals surface area contributed by atoms with E-state index >= 15 is 0 Å². The second-order valence-electron chi connectivity index (χ2n) is 5.29. The van der Waals surface area contributed by atoms with Gasteiger partial charge in [0, 0.05) is 31.6 Å². The maximum Gasteiger partial charge on any atom is 0.240 e. The zero-order valence-corrected chi connectivity index (χ0v) is 12.5. The number of likely N-dealkylation sites (N-methyl/N-ethyl adjacent to an activating group) is 1. The molecular weight excluding hydrogens is 288 g/mol. The van der Waals surface area contributed by atoms with E-state index in [2.05, 4.69) is 15.3 Å². The Kier molecular flexibility index (Phi) is 3.94. The Bertz CT molecular complexity index is 637. The van der Waals surface area contributed by atoms with E-state index in [9.17, 15) is 4.79 Å². The molecule has 1 amide bonds. The van der Waals surface area contributed by atoms with E-state index in [1.807, 2.05) is 31.3 Å². The predicted octanol–water partition coefficient (Wildman–Crippen LogP) is 1.74. The van der Waals surface area contributed by atoms with Gasteiger partial charge in [-0.15, -0.1) is 0 Å². The fraction of sp³-hybridized carbons (Fsp3) is 0.333. The molecule has 21 heavy (non-hydrogen) atoms. The number of amides is 1. The van der Waals surface area contributed by atoms with Crippen LogP contribution < -0.4 is 5.32 Å². The summed E-state index contributed by atoms with van der Waals surface area (Å²) in [5.41, 5.74) is 3.11. The van der Waals surface area contributed by atoms with E-state index in [1.165, 1.54) is 0 Å². The van der Waals surface area contributed by atoms with Crippen LogP contribution in [0.25, 0.3) is 0 Å². The lowest BCUT2D eigenvalue weighted by atomic mass is 10.0. The SMILES string of the molecule is CN(Cc1ccc(Cl)cc1)C(=O)C1Cc2nc[nH]c2CN1. The van der Waals surface area contributed by atoms with Crippen LogP contribution in [0.3, 0.4) is 0 Å². The maximum absolute atomic E-state index is 12.5. The van der Waals surface area contributed by atoms with Gasteiger partial charge in [-0.2, -0.15) is 0 Å². The van der Waals surface area contributed by atoms with Crippen LogP contribution in [0.1, 0.15) is 17.0 Å². The minimum Gasteiger partial charge on any atom is -0.347 e. The summed E-state index contributed by atoms with van der Waals surface area (Å²) in [6.07, 6.45) is 2.30. The number of imidazole rings is 1. The lowest BCUT2D eigenvalue weighted by Gasteiger charge is -2.27. The van der Waals surface area contributed by atoms with E-state index < -0.39 is 0 Å². The monoisotopic (exact) mass is 304 g/mol. The summed E-state index contributed by atoms with van der Waals surface area (Å²) in [6.45, 7) is 1.22. The second-order valence-corrected chi connectivity index (χ2v) is 5.72. The molecule has 2 N–H and O–H groups in total. The molecule has 0 saturated carbocycles. The van der Waals surface area contributed by atoms with Gasteiger partial charge < -0.3 is 9.88 Å². The molecule has 5 nitrogen and oxygen atoms in total. The van der Waals surface area contributed by atoms with Crippen LogP contribution in [-0.2, 0) is 24.3 Å². The van der Waals surface area contributed by atoms with Crippen molar-refractivity contribution < 1.29 is 4.79 Å². The number of nitrogens with zero attached hydrogens (tertiary/aromatic N) is 2. The summed E-state index contributed by atoms with van der Waals surface area (Å²) in [6, 6.07) is 7.34. The van der Waals surface area contributed by atoms with Crippen molar-refractivity contribution in [1.82, 2.24) is 20.2 Å². The number of halogens is 1. The van der Waals surface area contributed by atoms with Crippen molar-refractivity contribution in [3.63, 3.8) is 0 Å². The molecule has 0 bridgehead atoms. The van der Waals surface area contributed by atoms with Crippen molar-refractivity contribution in [3.05, 3.63) is 52.6 Å². The molecule has 0 saturated heterocycles. The fourth-order valence-corrected chi connectivity index (χ4v) is 2.68. The van der Waals surface area contributed by atoms with E-state index in [0.717, 1.165) is 17.0 Å². The lowest BCUT2D eigenvalue weighted by molar-refractivity contribution is -0.132.